The summed E-state index contributed by atoms with van der Waals surface area (Å²) >= 11 is 7.50. The van der Waals surface area contributed by atoms with Gasteiger partial charge < -0.3 is 4.74 Å². The minimum absolute atomic E-state index is 0.203. The van der Waals surface area contributed by atoms with Crippen molar-refractivity contribution in [2.75, 3.05) is 6.61 Å². The van der Waals surface area contributed by atoms with Gasteiger partial charge in [-0.3, -0.25) is 4.79 Å². The zero-order chi connectivity index (χ0) is 18.8. The molecule has 2 aromatic carbocycles. The molecule has 5 nitrogen and oxygen atoms in total. The van der Waals surface area contributed by atoms with E-state index in [0.29, 0.717) is 32.5 Å². The van der Waals surface area contributed by atoms with Crippen LogP contribution in [0.25, 0.3) is 22.4 Å². The Hall–Kier alpha value is -2.70. The second kappa shape index (κ2) is 7.50. The molecule has 0 fully saturated rings. The second-order valence-electron chi connectivity index (χ2n) is 5.91. The molecule has 0 unspecified atom stereocenters. The van der Waals surface area contributed by atoms with E-state index in [-0.39, 0.29) is 5.56 Å². The van der Waals surface area contributed by atoms with Gasteiger partial charge >= 0.3 is 0 Å². The summed E-state index contributed by atoms with van der Waals surface area (Å²) in [7, 11) is 0. The lowest BCUT2D eigenvalue weighted by atomic mass is 10.2. The number of nitrogens with zero attached hydrogens (tertiary/aromatic N) is 3. The molecule has 27 heavy (non-hydrogen) atoms. The van der Waals surface area contributed by atoms with E-state index in [4.69, 9.17) is 16.3 Å². The van der Waals surface area contributed by atoms with Crippen molar-refractivity contribution in [2.24, 2.45) is 0 Å². The molecule has 4 aromatic rings. The summed E-state index contributed by atoms with van der Waals surface area (Å²) in [6.07, 6.45) is 2.74. The lowest BCUT2D eigenvalue weighted by molar-refractivity contribution is 0.317. The first-order valence-corrected chi connectivity index (χ1v) is 9.75. The Labute approximate surface area is 164 Å². The molecule has 0 aliphatic rings. The van der Waals surface area contributed by atoms with Crippen LogP contribution in [-0.2, 0) is 0 Å². The first-order valence-electron chi connectivity index (χ1n) is 8.55. The lowest BCUT2D eigenvalue weighted by Crippen LogP contribution is -2.23. The second-order valence-corrected chi connectivity index (χ2v) is 7.33. The Morgan fingerprint density at radius 1 is 1.19 bits per heavy atom. The Balaban J connectivity index is 1.78. The smallest absolute Gasteiger partial charge is 0.291 e. The number of rotatable bonds is 5. The normalized spacial score (nSPS) is 12.0. The summed E-state index contributed by atoms with van der Waals surface area (Å²) < 4.78 is 7.65. The number of aromatic nitrogens is 3. The van der Waals surface area contributed by atoms with Crippen molar-refractivity contribution in [3.05, 3.63) is 74.0 Å². The highest BCUT2D eigenvalue weighted by atomic mass is 35.5. The highest BCUT2D eigenvalue weighted by Crippen LogP contribution is 2.25. The fraction of sp³-hybridized carbons (Fsp3) is 0.150. The topological polar surface area (TPSA) is 56.5 Å². The fourth-order valence-corrected chi connectivity index (χ4v) is 3.79. The standard InChI is InChI=1S/C20H16ClN3O2S/c1-2-11-26-16-10-6-3-7-13(16)12-17-19(25)24-20(27-17)22-18(23-24)14-8-4-5-9-15(14)21/h3-10,12H,2,11H2,1H3/b17-12+. The molecule has 0 atom stereocenters. The third kappa shape index (κ3) is 3.46. The fourth-order valence-electron chi connectivity index (χ4n) is 2.67. The molecular weight excluding hydrogens is 382 g/mol. The predicted molar refractivity (Wildman–Crippen MR) is 109 cm³/mol. The zero-order valence-electron chi connectivity index (χ0n) is 14.6. The number of halogens is 1. The van der Waals surface area contributed by atoms with Gasteiger partial charge in [0, 0.05) is 11.1 Å². The molecule has 0 spiro atoms. The van der Waals surface area contributed by atoms with Gasteiger partial charge in [-0.15, -0.1) is 5.10 Å². The van der Waals surface area contributed by atoms with E-state index in [1.54, 1.807) is 6.07 Å². The molecule has 2 aromatic heterocycles. The van der Waals surface area contributed by atoms with Crippen molar-refractivity contribution in [3.8, 4) is 17.1 Å². The van der Waals surface area contributed by atoms with Crippen molar-refractivity contribution < 1.29 is 4.74 Å². The van der Waals surface area contributed by atoms with Gasteiger partial charge in [-0.05, 0) is 30.7 Å². The van der Waals surface area contributed by atoms with Gasteiger partial charge in [-0.25, -0.2) is 0 Å². The number of thiazole rings is 1. The number of hydrogen-bond acceptors (Lipinski definition) is 5. The van der Waals surface area contributed by atoms with Crippen molar-refractivity contribution in [3.63, 3.8) is 0 Å². The Morgan fingerprint density at radius 3 is 2.74 bits per heavy atom. The van der Waals surface area contributed by atoms with Crippen LogP contribution < -0.4 is 14.8 Å². The maximum Gasteiger partial charge on any atom is 0.291 e. The van der Waals surface area contributed by atoms with E-state index in [9.17, 15) is 4.79 Å². The lowest BCUT2D eigenvalue weighted by Gasteiger charge is -2.07. The SMILES string of the molecule is CCCOc1ccccc1/C=c1/sc2nc(-c3ccccc3Cl)nn2c1=O. The molecule has 0 bridgehead atoms. The first kappa shape index (κ1) is 17.7. The Kier molecular flexibility index (Phi) is 4.92. The van der Waals surface area contributed by atoms with Crippen molar-refractivity contribution in [1.29, 1.82) is 0 Å². The summed E-state index contributed by atoms with van der Waals surface area (Å²) in [5.74, 6) is 1.21. The Bertz CT molecular complexity index is 1220. The zero-order valence-corrected chi connectivity index (χ0v) is 16.1. The molecule has 0 saturated carbocycles. The van der Waals surface area contributed by atoms with Gasteiger partial charge in [0.2, 0.25) is 4.96 Å². The molecule has 0 aliphatic carbocycles. The number of ether oxygens (including phenoxy) is 1. The summed E-state index contributed by atoms with van der Waals surface area (Å²) in [5, 5.41) is 4.90. The van der Waals surface area contributed by atoms with Gasteiger partial charge in [0.1, 0.15) is 5.75 Å². The van der Waals surface area contributed by atoms with Crippen LogP contribution in [0.1, 0.15) is 18.9 Å². The van der Waals surface area contributed by atoms with Crippen LogP contribution >= 0.6 is 22.9 Å². The highest BCUT2D eigenvalue weighted by Gasteiger charge is 2.14. The van der Waals surface area contributed by atoms with Crippen LogP contribution in [0, 0.1) is 0 Å². The van der Waals surface area contributed by atoms with Crippen molar-refractivity contribution >= 4 is 34.0 Å². The third-order valence-corrected chi connectivity index (χ3v) is 5.25. The molecule has 0 amide bonds. The number of hydrogen-bond donors (Lipinski definition) is 0. The highest BCUT2D eigenvalue weighted by molar-refractivity contribution is 7.15. The van der Waals surface area contributed by atoms with E-state index >= 15 is 0 Å². The average molecular weight is 398 g/mol. The van der Waals surface area contributed by atoms with Crippen LogP contribution in [-0.4, -0.2) is 21.2 Å². The van der Waals surface area contributed by atoms with Crippen molar-refractivity contribution in [2.45, 2.75) is 13.3 Å². The van der Waals surface area contributed by atoms with E-state index in [1.807, 2.05) is 48.5 Å². The van der Waals surface area contributed by atoms with E-state index in [0.717, 1.165) is 17.7 Å². The first-order chi connectivity index (χ1) is 13.2. The van der Waals surface area contributed by atoms with Gasteiger partial charge in [0.05, 0.1) is 16.2 Å². The van der Waals surface area contributed by atoms with Crippen LogP contribution in [0.3, 0.4) is 0 Å². The van der Waals surface area contributed by atoms with Crippen LogP contribution in [0.15, 0.2) is 53.3 Å². The quantitative estimate of drug-likeness (QED) is 0.514. The summed E-state index contributed by atoms with van der Waals surface area (Å²) in [4.78, 5) is 17.8. The number of benzene rings is 2. The molecule has 0 saturated heterocycles. The monoisotopic (exact) mass is 397 g/mol. The largest absolute Gasteiger partial charge is 0.493 e. The minimum Gasteiger partial charge on any atom is -0.493 e. The van der Waals surface area contributed by atoms with Crippen LogP contribution in [0.4, 0.5) is 0 Å². The van der Waals surface area contributed by atoms with E-state index < -0.39 is 0 Å². The van der Waals surface area contributed by atoms with Gasteiger partial charge in [0.25, 0.3) is 5.56 Å². The van der Waals surface area contributed by atoms with E-state index in [1.165, 1.54) is 15.9 Å². The summed E-state index contributed by atoms with van der Waals surface area (Å²) in [6.45, 7) is 2.68. The number of fused-ring (bicyclic) bond motifs is 1. The molecule has 0 N–H and O–H groups in total. The average Bonchev–Trinajstić information content (AvgIpc) is 3.21. The Morgan fingerprint density at radius 2 is 1.96 bits per heavy atom. The molecular formula is C20H16ClN3O2S. The number of para-hydroxylation sites is 1. The van der Waals surface area contributed by atoms with Crippen LogP contribution in [0.2, 0.25) is 5.02 Å². The van der Waals surface area contributed by atoms with Crippen molar-refractivity contribution in [1.82, 2.24) is 14.6 Å². The molecule has 0 aliphatic heterocycles. The molecule has 2 heterocycles. The third-order valence-electron chi connectivity index (χ3n) is 3.96. The maximum absolute atomic E-state index is 12.8. The molecule has 0 radical (unpaired) electrons. The summed E-state index contributed by atoms with van der Waals surface area (Å²) in [6, 6.07) is 15.0. The van der Waals surface area contributed by atoms with E-state index in [2.05, 4.69) is 17.0 Å². The maximum atomic E-state index is 12.8. The molecule has 4 rings (SSSR count). The van der Waals surface area contributed by atoms with Gasteiger partial charge in [-0.1, -0.05) is 60.2 Å². The summed E-state index contributed by atoms with van der Waals surface area (Å²) in [5.41, 5.74) is 1.36. The van der Waals surface area contributed by atoms with Gasteiger partial charge in [0.15, 0.2) is 5.82 Å². The molecule has 136 valence electrons. The molecule has 7 heteroatoms. The predicted octanol–water partition coefficient (Wildman–Crippen LogP) is 3.81. The van der Waals surface area contributed by atoms with Gasteiger partial charge in [-0.2, -0.15) is 9.50 Å². The van der Waals surface area contributed by atoms with Crippen LogP contribution in [0.5, 0.6) is 5.75 Å². The minimum atomic E-state index is -0.203.